The second-order valence-corrected chi connectivity index (χ2v) is 3.55. The van der Waals surface area contributed by atoms with Crippen LogP contribution in [0.3, 0.4) is 0 Å². The third kappa shape index (κ3) is 2.17. The van der Waals surface area contributed by atoms with Crippen molar-refractivity contribution >= 4 is 27.5 Å². The first kappa shape index (κ1) is 3.99. The van der Waals surface area contributed by atoms with Crippen LogP contribution in [0.25, 0.3) is 11.1 Å². The van der Waals surface area contributed by atoms with Gasteiger partial charge in [-0.2, -0.15) is 0 Å². The third-order valence-electron chi connectivity index (χ3n) is 1.44. The normalized spacial score (nSPS) is 18.1. The number of benzene rings is 2. The van der Waals surface area contributed by atoms with E-state index >= 15 is 0 Å². The fourth-order valence-corrected chi connectivity index (χ4v) is 1.33. The van der Waals surface area contributed by atoms with E-state index in [-0.39, 0.29) is 32.7 Å². The molecule has 2 heteroatoms. The molecule has 2 aromatic rings. The minimum Gasteiger partial charge on any atom is -0.0843 e. The monoisotopic (exact) mass is 274 g/mol. The molecule has 0 aliphatic rings. The van der Waals surface area contributed by atoms with E-state index in [2.05, 4.69) is 15.9 Å². The van der Waals surface area contributed by atoms with Gasteiger partial charge < -0.3 is 0 Å². The first-order valence-corrected chi connectivity index (χ1v) is 4.80. The maximum Gasteiger partial charge on any atom is 0.0645 e. The summed E-state index contributed by atoms with van der Waals surface area (Å²) in [5, 5.41) is -0.354. The van der Waals surface area contributed by atoms with E-state index in [9.17, 15) is 0 Å². The van der Waals surface area contributed by atoms with Crippen molar-refractivity contribution in [1.29, 1.82) is 0 Å². The molecular weight excluding hydrogens is 259 g/mol. The van der Waals surface area contributed by atoms with Gasteiger partial charge in [0.25, 0.3) is 0 Å². The van der Waals surface area contributed by atoms with E-state index in [1.165, 1.54) is 0 Å². The molecule has 2 rings (SSSR count). The van der Waals surface area contributed by atoms with Gasteiger partial charge in [-0.25, -0.2) is 0 Å². The Morgan fingerprint density at radius 3 is 2.43 bits per heavy atom. The summed E-state index contributed by atoms with van der Waals surface area (Å²) in [6.45, 7) is 0. The minimum atomic E-state index is -0.521. The molecule has 0 aromatic heterocycles. The highest BCUT2D eigenvalue weighted by molar-refractivity contribution is 9.10. The molecule has 70 valence electrons. The van der Waals surface area contributed by atoms with Crippen LogP contribution in [-0.2, 0) is 0 Å². The zero-order chi connectivity index (χ0) is 16.9. The first-order chi connectivity index (χ1) is 10.1. The lowest BCUT2D eigenvalue weighted by Crippen LogP contribution is -1.76. The number of hydrogen-bond acceptors (Lipinski definition) is 0. The molecule has 0 bridgehead atoms. The van der Waals surface area contributed by atoms with Gasteiger partial charge in [-0.15, -0.1) is 0 Å². The molecule has 0 amide bonds. The predicted octanol–water partition coefficient (Wildman–Crippen LogP) is 4.77. The molecule has 2 aromatic carbocycles. The van der Waals surface area contributed by atoms with Crippen molar-refractivity contribution in [3.05, 3.63) is 57.8 Å². The van der Waals surface area contributed by atoms with Crippen molar-refractivity contribution in [2.24, 2.45) is 0 Å². The predicted molar refractivity (Wildman–Crippen MR) is 64.6 cm³/mol. The van der Waals surface area contributed by atoms with Gasteiger partial charge in [0.2, 0.25) is 0 Å². The van der Waals surface area contributed by atoms with Crippen LogP contribution in [0.1, 0.15) is 11.0 Å². The Labute approximate surface area is 108 Å². The van der Waals surface area contributed by atoms with Crippen molar-refractivity contribution in [2.45, 2.75) is 0 Å². The largest absolute Gasteiger partial charge is 0.0843 e. The summed E-state index contributed by atoms with van der Waals surface area (Å²) in [5.41, 5.74) is -0.478. The van der Waals surface area contributed by atoms with Crippen molar-refractivity contribution < 1.29 is 11.0 Å². The summed E-state index contributed by atoms with van der Waals surface area (Å²) in [5.74, 6) is 0. The molecule has 14 heavy (non-hydrogen) atoms. The summed E-state index contributed by atoms with van der Waals surface area (Å²) >= 11 is 8.82. The molecule has 0 nitrogen and oxygen atoms in total. The fourth-order valence-electron chi connectivity index (χ4n) is 0.892. The van der Waals surface area contributed by atoms with Crippen LogP contribution in [0.2, 0.25) is 5.02 Å². The average Bonchev–Trinajstić information content (AvgIpc) is 2.50. The minimum absolute atomic E-state index is 0.0418. The maximum absolute atomic E-state index is 8.01. The standard InChI is InChI=1S/C12H8BrCl/c13-11-5-1-3-9(7-11)10-4-2-6-12(14)8-10/h1-8H/i1D,2D,3D,4D,5D,6D,7D,8D. The van der Waals surface area contributed by atoms with Crippen molar-refractivity contribution in [3.63, 3.8) is 0 Å². The van der Waals surface area contributed by atoms with E-state index in [4.69, 9.17) is 22.6 Å². The van der Waals surface area contributed by atoms with Crippen LogP contribution in [0, 0.1) is 0 Å². The van der Waals surface area contributed by atoms with Gasteiger partial charge in [-0.3, -0.25) is 0 Å². The van der Waals surface area contributed by atoms with Gasteiger partial charge in [0.15, 0.2) is 0 Å². The maximum atomic E-state index is 8.01. The van der Waals surface area contributed by atoms with Crippen LogP contribution >= 0.6 is 27.5 Å². The zero-order valence-corrected chi connectivity index (χ0v) is 9.10. The quantitative estimate of drug-likeness (QED) is 0.703. The highest BCUT2D eigenvalue weighted by Crippen LogP contribution is 2.24. The molecule has 0 unspecified atom stereocenters. The second kappa shape index (κ2) is 4.16. The topological polar surface area (TPSA) is 0 Å². The Balaban J connectivity index is 3.03. The van der Waals surface area contributed by atoms with Crippen LogP contribution in [0.15, 0.2) is 52.8 Å². The third-order valence-corrected chi connectivity index (χ3v) is 2.02. The summed E-state index contributed by atoms with van der Waals surface area (Å²) < 4.78 is 62.4. The number of hydrogen-bond donors (Lipinski definition) is 0. The molecular formula is C12H8BrCl. The Hall–Kier alpha value is -0.790. The van der Waals surface area contributed by atoms with Gasteiger partial charge in [-0.1, -0.05) is 51.7 Å². The lowest BCUT2D eigenvalue weighted by molar-refractivity contribution is 1.59. The Morgan fingerprint density at radius 1 is 1.00 bits per heavy atom. The Kier molecular flexibility index (Phi) is 1.19. The molecule has 0 aliphatic heterocycles. The van der Waals surface area contributed by atoms with Crippen LogP contribution < -0.4 is 0 Å². The highest BCUT2D eigenvalue weighted by Gasteiger charge is 1.98. The molecule has 0 N–H and O–H groups in total. The van der Waals surface area contributed by atoms with Gasteiger partial charge in [-0.05, 0) is 35.3 Å². The molecule has 0 radical (unpaired) electrons. The van der Waals surface area contributed by atoms with Crippen LogP contribution in [0.5, 0.6) is 0 Å². The van der Waals surface area contributed by atoms with E-state index < -0.39 is 36.3 Å². The molecule has 0 saturated heterocycles. The van der Waals surface area contributed by atoms with Crippen LogP contribution in [-0.4, -0.2) is 0 Å². The summed E-state index contributed by atoms with van der Waals surface area (Å²) in [6, 6.07) is -3.58. The fraction of sp³-hybridized carbons (Fsp3) is 0. The average molecular weight is 276 g/mol. The molecule has 0 fully saturated rings. The molecule has 0 atom stereocenters. The van der Waals surface area contributed by atoms with Crippen molar-refractivity contribution in [3.8, 4) is 11.1 Å². The molecule has 0 heterocycles. The van der Waals surface area contributed by atoms with E-state index in [0.29, 0.717) is 0 Å². The van der Waals surface area contributed by atoms with Crippen molar-refractivity contribution in [2.75, 3.05) is 0 Å². The summed E-state index contributed by atoms with van der Waals surface area (Å²) in [6.07, 6.45) is 0. The number of halogens is 2. The zero-order valence-electron chi connectivity index (χ0n) is 14.8. The van der Waals surface area contributed by atoms with Gasteiger partial charge in [0.1, 0.15) is 0 Å². The highest BCUT2D eigenvalue weighted by atomic mass is 79.9. The first-order valence-electron chi connectivity index (χ1n) is 7.63. The molecule has 0 aliphatic carbocycles. The van der Waals surface area contributed by atoms with Crippen LogP contribution in [0.4, 0.5) is 0 Å². The summed E-state index contributed by atoms with van der Waals surface area (Å²) in [4.78, 5) is 0. The van der Waals surface area contributed by atoms with Gasteiger partial charge in [0.05, 0.1) is 11.0 Å². The van der Waals surface area contributed by atoms with E-state index in [0.717, 1.165) is 0 Å². The molecule has 0 spiro atoms. The smallest absolute Gasteiger partial charge is 0.0645 e. The lowest BCUT2D eigenvalue weighted by Gasteiger charge is -2.02. The van der Waals surface area contributed by atoms with Crippen molar-refractivity contribution in [1.82, 2.24) is 0 Å². The second-order valence-electron chi connectivity index (χ2n) is 2.38. The Morgan fingerprint density at radius 2 is 1.64 bits per heavy atom. The summed E-state index contributed by atoms with van der Waals surface area (Å²) in [7, 11) is 0. The van der Waals surface area contributed by atoms with Gasteiger partial charge >= 0.3 is 0 Å². The SMILES string of the molecule is [2H]c1c([2H])c(Cl)c([2H])c(-c2c([2H])c([2H])c([2H])c(Br)c2[2H])c1[2H]. The number of rotatable bonds is 1. The van der Waals surface area contributed by atoms with E-state index in [1.807, 2.05) is 0 Å². The Bertz CT molecular complexity index is 679. The lowest BCUT2D eigenvalue weighted by atomic mass is 10.1. The molecule has 0 saturated carbocycles. The van der Waals surface area contributed by atoms with E-state index in [1.54, 1.807) is 0 Å². The van der Waals surface area contributed by atoms with Gasteiger partial charge in [0, 0.05) is 9.50 Å².